The van der Waals surface area contributed by atoms with Gasteiger partial charge in [-0.2, -0.15) is 0 Å². The summed E-state index contributed by atoms with van der Waals surface area (Å²) in [6.07, 6.45) is 12.3. The number of carbonyl (C=O) groups is 2. The van der Waals surface area contributed by atoms with E-state index in [-0.39, 0.29) is 23.9 Å². The van der Waals surface area contributed by atoms with Crippen LogP contribution in [0.2, 0.25) is 0 Å². The Morgan fingerprint density at radius 1 is 0.778 bits per heavy atom. The third kappa shape index (κ3) is 12.1. The van der Waals surface area contributed by atoms with Gasteiger partial charge < -0.3 is 9.47 Å². The zero-order chi connectivity index (χ0) is 26.2. The Morgan fingerprint density at radius 3 is 1.86 bits per heavy atom. The number of carbonyl (C=O) groups excluding carboxylic acids is 2. The summed E-state index contributed by atoms with van der Waals surface area (Å²) in [5.74, 6) is 0.461. The van der Waals surface area contributed by atoms with Crippen molar-refractivity contribution in [1.82, 2.24) is 0 Å². The average molecular weight is 515 g/mol. The van der Waals surface area contributed by atoms with Gasteiger partial charge in [0, 0.05) is 6.42 Å². The molecular weight excluding hydrogens is 472 g/mol. The first-order valence-electron chi connectivity index (χ1n) is 13.6. The van der Waals surface area contributed by atoms with Gasteiger partial charge in [-0.05, 0) is 54.2 Å². The molecule has 0 aliphatic carbocycles. The fourth-order valence-corrected chi connectivity index (χ4v) is 4.52. The summed E-state index contributed by atoms with van der Waals surface area (Å²) in [7, 11) is 0. The Morgan fingerprint density at radius 2 is 1.31 bits per heavy atom. The van der Waals surface area contributed by atoms with E-state index in [1.165, 1.54) is 44.9 Å². The number of esters is 2. The minimum absolute atomic E-state index is 0.175. The van der Waals surface area contributed by atoms with Gasteiger partial charge in [0.2, 0.25) is 0 Å². The summed E-state index contributed by atoms with van der Waals surface area (Å²) in [4.78, 5) is 24.4. The maximum absolute atomic E-state index is 12.3. The minimum atomic E-state index is -0.370. The summed E-state index contributed by atoms with van der Waals surface area (Å²) >= 11 is 6.21. The van der Waals surface area contributed by atoms with Crippen molar-refractivity contribution in [1.29, 1.82) is 0 Å². The fourth-order valence-electron chi connectivity index (χ4n) is 4.11. The molecule has 0 aliphatic heterocycles. The molecule has 1 atom stereocenters. The van der Waals surface area contributed by atoms with Crippen LogP contribution in [0.1, 0.15) is 102 Å². The molecule has 198 valence electrons. The monoisotopic (exact) mass is 514 g/mol. The lowest BCUT2D eigenvalue weighted by molar-refractivity contribution is -0.134. The van der Waals surface area contributed by atoms with Gasteiger partial charge in [0.05, 0.1) is 10.9 Å². The average Bonchev–Trinajstić information content (AvgIpc) is 2.86. The first kappa shape index (κ1) is 29.9. The number of halogens is 1. The lowest BCUT2D eigenvalue weighted by Gasteiger charge is -2.12. The van der Waals surface area contributed by atoms with E-state index in [9.17, 15) is 9.59 Å². The van der Waals surface area contributed by atoms with Gasteiger partial charge in [-0.25, -0.2) is 4.79 Å². The molecule has 0 spiro atoms. The highest BCUT2D eigenvalue weighted by molar-refractivity contribution is 6.20. The lowest BCUT2D eigenvalue weighted by Crippen LogP contribution is -2.16. The van der Waals surface area contributed by atoms with Crippen molar-refractivity contribution in [2.45, 2.75) is 96.8 Å². The zero-order valence-electron chi connectivity index (χ0n) is 22.3. The van der Waals surface area contributed by atoms with Gasteiger partial charge in [0.15, 0.2) is 0 Å². The van der Waals surface area contributed by atoms with E-state index in [1.807, 2.05) is 24.3 Å². The Balaban J connectivity index is 1.71. The topological polar surface area (TPSA) is 52.6 Å². The van der Waals surface area contributed by atoms with Crippen molar-refractivity contribution in [2.75, 3.05) is 6.61 Å². The molecule has 0 heterocycles. The van der Waals surface area contributed by atoms with Crippen LogP contribution in [-0.4, -0.2) is 23.9 Å². The third-order valence-corrected chi connectivity index (χ3v) is 6.45. The standard InChI is InChI=1S/C31H43ClO4/c1-4-5-6-7-8-9-10-11-12-13-30(33)36-29-20-18-26(19-21-29)25-14-16-27(17-15-25)31(34)35-23-28(32)22-24(2)3/h14-21,24,28H,4-13,22-23H2,1-3H3. The molecule has 0 saturated heterocycles. The predicted octanol–water partition coefficient (Wildman–Crippen LogP) is 8.99. The Hall–Kier alpha value is -2.33. The van der Waals surface area contributed by atoms with Crippen LogP contribution in [0.25, 0.3) is 11.1 Å². The molecule has 0 saturated carbocycles. The van der Waals surface area contributed by atoms with Crippen LogP contribution in [0, 0.1) is 5.92 Å². The Labute approximate surface area is 222 Å². The van der Waals surface area contributed by atoms with Gasteiger partial charge >= 0.3 is 11.9 Å². The minimum Gasteiger partial charge on any atom is -0.461 e. The van der Waals surface area contributed by atoms with Crippen LogP contribution in [0.4, 0.5) is 0 Å². The maximum atomic E-state index is 12.3. The number of hydrogen-bond donors (Lipinski definition) is 0. The summed E-state index contributed by atoms with van der Waals surface area (Å²) in [5, 5.41) is -0.175. The molecule has 0 bridgehead atoms. The van der Waals surface area contributed by atoms with E-state index in [0.29, 0.717) is 23.7 Å². The molecule has 2 aromatic carbocycles. The van der Waals surface area contributed by atoms with E-state index in [4.69, 9.17) is 21.1 Å². The second kappa shape index (κ2) is 17.2. The maximum Gasteiger partial charge on any atom is 0.338 e. The van der Waals surface area contributed by atoms with Gasteiger partial charge in [-0.1, -0.05) is 96.4 Å². The number of alkyl halides is 1. The van der Waals surface area contributed by atoms with Gasteiger partial charge in [-0.3, -0.25) is 4.79 Å². The number of hydrogen-bond acceptors (Lipinski definition) is 4. The summed E-state index contributed by atoms with van der Waals surface area (Å²) in [6, 6.07) is 14.7. The van der Waals surface area contributed by atoms with Crippen molar-refractivity contribution >= 4 is 23.5 Å². The number of ether oxygens (including phenoxy) is 2. The molecule has 4 nitrogen and oxygen atoms in total. The molecule has 2 aromatic rings. The van der Waals surface area contributed by atoms with E-state index in [1.54, 1.807) is 24.3 Å². The molecule has 0 aromatic heterocycles. The smallest absolute Gasteiger partial charge is 0.338 e. The predicted molar refractivity (Wildman–Crippen MR) is 149 cm³/mol. The zero-order valence-corrected chi connectivity index (χ0v) is 23.0. The van der Waals surface area contributed by atoms with E-state index >= 15 is 0 Å². The van der Waals surface area contributed by atoms with Gasteiger partial charge in [-0.15, -0.1) is 11.6 Å². The van der Waals surface area contributed by atoms with E-state index in [2.05, 4.69) is 20.8 Å². The fraction of sp³-hybridized carbons (Fsp3) is 0.548. The van der Waals surface area contributed by atoms with Crippen molar-refractivity contribution in [3.05, 3.63) is 54.1 Å². The van der Waals surface area contributed by atoms with Crippen molar-refractivity contribution in [2.24, 2.45) is 5.92 Å². The van der Waals surface area contributed by atoms with Crippen molar-refractivity contribution in [3.8, 4) is 16.9 Å². The SMILES string of the molecule is CCCCCCCCCCCC(=O)Oc1ccc(-c2ccc(C(=O)OCC(Cl)CC(C)C)cc2)cc1. The summed E-state index contributed by atoms with van der Waals surface area (Å²) in [6.45, 7) is 6.62. The molecule has 36 heavy (non-hydrogen) atoms. The first-order chi connectivity index (χ1) is 17.4. The Kier molecular flexibility index (Phi) is 14.3. The first-order valence-corrected chi connectivity index (χ1v) is 14.0. The van der Waals surface area contributed by atoms with E-state index < -0.39 is 0 Å². The number of unbranched alkanes of at least 4 members (excludes halogenated alkanes) is 8. The molecule has 0 N–H and O–H groups in total. The molecule has 2 rings (SSSR count). The second-order valence-corrected chi connectivity index (χ2v) is 10.6. The molecule has 0 radical (unpaired) electrons. The molecule has 0 aliphatic rings. The molecular formula is C31H43ClO4. The highest BCUT2D eigenvalue weighted by atomic mass is 35.5. The molecule has 0 amide bonds. The van der Waals surface area contributed by atoms with Crippen LogP contribution in [0.5, 0.6) is 5.75 Å². The van der Waals surface area contributed by atoms with E-state index in [0.717, 1.165) is 30.4 Å². The molecule has 0 fully saturated rings. The number of benzene rings is 2. The van der Waals surface area contributed by atoms with Crippen LogP contribution in [-0.2, 0) is 9.53 Å². The molecule has 1 unspecified atom stereocenters. The molecule has 5 heteroatoms. The van der Waals surface area contributed by atoms with Crippen LogP contribution in [0.15, 0.2) is 48.5 Å². The van der Waals surface area contributed by atoms with Crippen molar-refractivity contribution < 1.29 is 19.1 Å². The third-order valence-electron chi connectivity index (χ3n) is 6.15. The normalized spacial score (nSPS) is 11.9. The summed E-state index contributed by atoms with van der Waals surface area (Å²) in [5.41, 5.74) is 2.44. The van der Waals surface area contributed by atoms with Gasteiger partial charge in [0.25, 0.3) is 0 Å². The van der Waals surface area contributed by atoms with Crippen LogP contribution in [0.3, 0.4) is 0 Å². The van der Waals surface area contributed by atoms with Crippen LogP contribution < -0.4 is 4.74 Å². The van der Waals surface area contributed by atoms with Crippen LogP contribution >= 0.6 is 11.6 Å². The highest BCUT2D eigenvalue weighted by Gasteiger charge is 2.13. The largest absolute Gasteiger partial charge is 0.461 e. The highest BCUT2D eigenvalue weighted by Crippen LogP contribution is 2.24. The lowest BCUT2D eigenvalue weighted by atomic mass is 10.0. The summed E-state index contributed by atoms with van der Waals surface area (Å²) < 4.78 is 10.8. The second-order valence-electron chi connectivity index (χ2n) is 9.98. The quantitative estimate of drug-likeness (QED) is 0.0914. The van der Waals surface area contributed by atoms with Gasteiger partial charge in [0.1, 0.15) is 12.4 Å². The Bertz CT molecular complexity index is 890. The number of rotatable bonds is 17. The van der Waals surface area contributed by atoms with Crippen molar-refractivity contribution in [3.63, 3.8) is 0 Å².